The smallest absolute Gasteiger partial charge is 0.212 e. The fourth-order valence-electron chi connectivity index (χ4n) is 3.40. The maximum atomic E-state index is 5.83. The minimum Gasteiger partial charge on any atom is -0.491 e. The second kappa shape index (κ2) is 7.37. The van der Waals surface area contributed by atoms with E-state index in [9.17, 15) is 0 Å². The predicted octanol–water partition coefficient (Wildman–Crippen LogP) is 5.24. The van der Waals surface area contributed by atoms with Gasteiger partial charge in [0.05, 0.1) is 11.8 Å². The standard InChI is InChI=1S/C23H20N4OS/c1-15(2)28-20-9-5-8-19(13-20)22-24-25-23-27(22)26-21(14-29-23)18-11-10-16-6-3-4-7-17(16)12-18/h3-13,15H,14H2,1-2H3. The van der Waals surface area contributed by atoms with Crippen molar-refractivity contribution in [3.63, 3.8) is 0 Å². The molecule has 0 amide bonds. The molecule has 4 aromatic rings. The van der Waals surface area contributed by atoms with Gasteiger partial charge in [0.1, 0.15) is 5.75 Å². The second-order valence-corrected chi connectivity index (χ2v) is 8.15. The van der Waals surface area contributed by atoms with Crippen molar-refractivity contribution in [3.05, 3.63) is 72.3 Å². The molecule has 0 unspecified atom stereocenters. The number of aromatic nitrogens is 3. The van der Waals surface area contributed by atoms with Crippen molar-refractivity contribution in [1.29, 1.82) is 0 Å². The molecule has 0 fully saturated rings. The molecule has 0 spiro atoms. The first-order valence-electron chi connectivity index (χ1n) is 9.60. The number of ether oxygens (including phenoxy) is 1. The van der Waals surface area contributed by atoms with Crippen molar-refractivity contribution >= 4 is 28.2 Å². The van der Waals surface area contributed by atoms with E-state index in [1.165, 1.54) is 10.8 Å². The Bertz CT molecular complexity index is 1230. The van der Waals surface area contributed by atoms with Crippen molar-refractivity contribution in [2.75, 3.05) is 5.75 Å². The molecule has 5 nitrogen and oxygen atoms in total. The third-order valence-corrected chi connectivity index (χ3v) is 5.65. The molecule has 29 heavy (non-hydrogen) atoms. The van der Waals surface area contributed by atoms with E-state index >= 15 is 0 Å². The molecule has 1 aliphatic rings. The molecule has 3 aromatic carbocycles. The summed E-state index contributed by atoms with van der Waals surface area (Å²) in [5.41, 5.74) is 3.08. The third-order valence-electron chi connectivity index (χ3n) is 4.72. The highest BCUT2D eigenvalue weighted by Crippen LogP contribution is 2.30. The highest BCUT2D eigenvalue weighted by Gasteiger charge is 2.21. The molecule has 1 aliphatic heterocycles. The second-order valence-electron chi connectivity index (χ2n) is 7.21. The fraction of sp³-hybridized carbons (Fsp3) is 0.174. The van der Waals surface area contributed by atoms with Crippen LogP contribution in [0.3, 0.4) is 0 Å². The highest BCUT2D eigenvalue weighted by molar-refractivity contribution is 7.99. The molecule has 0 saturated heterocycles. The number of thioether (sulfide) groups is 1. The van der Waals surface area contributed by atoms with Gasteiger partial charge in [0.2, 0.25) is 5.16 Å². The van der Waals surface area contributed by atoms with E-state index in [1.807, 2.05) is 42.8 Å². The molecule has 0 radical (unpaired) electrons. The summed E-state index contributed by atoms with van der Waals surface area (Å²) in [7, 11) is 0. The first kappa shape index (κ1) is 17.9. The van der Waals surface area contributed by atoms with Gasteiger partial charge in [-0.3, -0.25) is 0 Å². The van der Waals surface area contributed by atoms with Crippen LogP contribution in [0, 0.1) is 0 Å². The maximum Gasteiger partial charge on any atom is 0.212 e. The van der Waals surface area contributed by atoms with Gasteiger partial charge in [-0.1, -0.05) is 60.3 Å². The van der Waals surface area contributed by atoms with Crippen LogP contribution in [0.5, 0.6) is 5.75 Å². The first-order valence-corrected chi connectivity index (χ1v) is 10.6. The molecule has 5 rings (SSSR count). The summed E-state index contributed by atoms with van der Waals surface area (Å²) in [6, 6.07) is 22.8. The lowest BCUT2D eigenvalue weighted by atomic mass is 10.0. The van der Waals surface area contributed by atoms with Crippen LogP contribution in [0.15, 0.2) is 77.0 Å². The summed E-state index contributed by atoms with van der Waals surface area (Å²) < 4.78 is 7.67. The maximum absolute atomic E-state index is 5.83. The number of benzene rings is 3. The number of rotatable bonds is 4. The summed E-state index contributed by atoms with van der Waals surface area (Å²) in [5, 5.41) is 16.9. The van der Waals surface area contributed by atoms with Gasteiger partial charge in [0.15, 0.2) is 5.82 Å². The van der Waals surface area contributed by atoms with E-state index in [0.29, 0.717) is 0 Å². The molecule has 144 valence electrons. The zero-order valence-electron chi connectivity index (χ0n) is 16.2. The lowest BCUT2D eigenvalue weighted by Gasteiger charge is -2.15. The Kier molecular flexibility index (Phi) is 4.56. The Balaban J connectivity index is 1.55. The van der Waals surface area contributed by atoms with Gasteiger partial charge in [-0.05, 0) is 48.4 Å². The zero-order valence-corrected chi connectivity index (χ0v) is 17.1. The predicted molar refractivity (Wildman–Crippen MR) is 118 cm³/mol. The van der Waals surface area contributed by atoms with Gasteiger partial charge in [0, 0.05) is 11.3 Å². The molecule has 0 saturated carbocycles. The van der Waals surface area contributed by atoms with Gasteiger partial charge in [-0.15, -0.1) is 10.2 Å². The van der Waals surface area contributed by atoms with Gasteiger partial charge >= 0.3 is 0 Å². The minimum absolute atomic E-state index is 0.116. The van der Waals surface area contributed by atoms with Crippen LogP contribution in [0.1, 0.15) is 19.4 Å². The quantitative estimate of drug-likeness (QED) is 0.470. The summed E-state index contributed by atoms with van der Waals surface area (Å²) in [4.78, 5) is 0. The summed E-state index contributed by atoms with van der Waals surface area (Å²) in [6.07, 6.45) is 0.116. The Morgan fingerprint density at radius 2 is 1.76 bits per heavy atom. The summed E-state index contributed by atoms with van der Waals surface area (Å²) >= 11 is 1.65. The van der Waals surface area contributed by atoms with E-state index in [4.69, 9.17) is 9.84 Å². The van der Waals surface area contributed by atoms with Crippen molar-refractivity contribution in [3.8, 4) is 17.1 Å². The van der Waals surface area contributed by atoms with Crippen LogP contribution in [-0.2, 0) is 0 Å². The fourth-order valence-corrected chi connectivity index (χ4v) is 4.24. The zero-order chi connectivity index (χ0) is 19.8. The third kappa shape index (κ3) is 3.51. The Labute approximate surface area is 173 Å². The van der Waals surface area contributed by atoms with Gasteiger partial charge in [-0.25, -0.2) is 0 Å². The van der Waals surface area contributed by atoms with E-state index in [2.05, 4.69) is 52.7 Å². The molecular weight excluding hydrogens is 380 g/mol. The van der Waals surface area contributed by atoms with E-state index in [1.54, 1.807) is 11.8 Å². The Morgan fingerprint density at radius 3 is 2.62 bits per heavy atom. The lowest BCUT2D eigenvalue weighted by molar-refractivity contribution is 0.242. The highest BCUT2D eigenvalue weighted by atomic mass is 32.2. The van der Waals surface area contributed by atoms with Crippen LogP contribution in [0.4, 0.5) is 0 Å². The minimum atomic E-state index is 0.116. The lowest BCUT2D eigenvalue weighted by Crippen LogP contribution is -2.13. The molecule has 0 N–H and O–H groups in total. The largest absolute Gasteiger partial charge is 0.491 e. The van der Waals surface area contributed by atoms with Gasteiger partial charge in [-0.2, -0.15) is 9.78 Å². The number of nitrogens with zero attached hydrogens (tertiary/aromatic N) is 4. The number of hydrogen-bond donors (Lipinski definition) is 0. The summed E-state index contributed by atoms with van der Waals surface area (Å²) in [5.74, 6) is 2.31. The summed E-state index contributed by atoms with van der Waals surface area (Å²) in [6.45, 7) is 4.03. The van der Waals surface area contributed by atoms with Crippen molar-refractivity contribution in [2.24, 2.45) is 5.10 Å². The van der Waals surface area contributed by atoms with Gasteiger partial charge in [0.25, 0.3) is 0 Å². The van der Waals surface area contributed by atoms with Crippen molar-refractivity contribution in [2.45, 2.75) is 25.1 Å². The van der Waals surface area contributed by atoms with E-state index < -0.39 is 0 Å². The van der Waals surface area contributed by atoms with Crippen LogP contribution in [-0.4, -0.2) is 32.4 Å². The molecular formula is C23H20N4OS. The normalized spacial score (nSPS) is 13.4. The van der Waals surface area contributed by atoms with Crippen LogP contribution >= 0.6 is 11.8 Å². The first-order chi connectivity index (χ1) is 14.2. The van der Waals surface area contributed by atoms with E-state index in [0.717, 1.165) is 39.3 Å². The Hall–Kier alpha value is -3.12. The topological polar surface area (TPSA) is 52.3 Å². The molecule has 0 bridgehead atoms. The molecule has 1 aromatic heterocycles. The van der Waals surface area contributed by atoms with Crippen LogP contribution in [0.2, 0.25) is 0 Å². The molecule has 2 heterocycles. The van der Waals surface area contributed by atoms with Crippen LogP contribution in [0.25, 0.3) is 22.2 Å². The van der Waals surface area contributed by atoms with Crippen molar-refractivity contribution in [1.82, 2.24) is 14.9 Å². The average Bonchev–Trinajstić information content (AvgIpc) is 3.16. The SMILES string of the molecule is CC(C)Oc1cccc(-c2nnc3n2N=C(c2ccc4ccccc4c2)CS3)c1. The van der Waals surface area contributed by atoms with E-state index in [-0.39, 0.29) is 6.10 Å². The average molecular weight is 401 g/mol. The monoisotopic (exact) mass is 400 g/mol. The molecule has 6 heteroatoms. The molecule has 0 aliphatic carbocycles. The van der Waals surface area contributed by atoms with Gasteiger partial charge < -0.3 is 4.74 Å². The molecule has 0 atom stereocenters. The van der Waals surface area contributed by atoms with Crippen molar-refractivity contribution < 1.29 is 4.74 Å². The van der Waals surface area contributed by atoms with Crippen LogP contribution < -0.4 is 4.74 Å². The number of fused-ring (bicyclic) bond motifs is 2. The Morgan fingerprint density at radius 1 is 0.897 bits per heavy atom. The number of hydrogen-bond acceptors (Lipinski definition) is 5.